The van der Waals surface area contributed by atoms with E-state index >= 15 is 0 Å². The van der Waals surface area contributed by atoms with Crippen molar-refractivity contribution in [2.75, 3.05) is 5.32 Å². The van der Waals surface area contributed by atoms with Crippen LogP contribution in [-0.2, 0) is 4.74 Å². The first-order chi connectivity index (χ1) is 8.23. The van der Waals surface area contributed by atoms with Crippen molar-refractivity contribution in [1.82, 2.24) is 9.78 Å². The molecule has 0 radical (unpaired) electrons. The van der Waals surface area contributed by atoms with Gasteiger partial charge < -0.3 is 4.74 Å². The van der Waals surface area contributed by atoms with Crippen LogP contribution in [0.3, 0.4) is 0 Å². The zero-order chi connectivity index (χ0) is 13.9. The van der Waals surface area contributed by atoms with E-state index in [-0.39, 0.29) is 17.5 Å². The summed E-state index contributed by atoms with van der Waals surface area (Å²) in [5, 5.41) is 9.29. The quantitative estimate of drug-likeness (QED) is 0.839. The second-order valence-electron chi connectivity index (χ2n) is 5.15. The van der Waals surface area contributed by atoms with Gasteiger partial charge in [0.05, 0.1) is 6.20 Å². The second-order valence-corrected chi connectivity index (χ2v) is 5.15. The van der Waals surface area contributed by atoms with Crippen LogP contribution in [0, 0.1) is 4.91 Å². The fourth-order valence-electron chi connectivity index (χ4n) is 1.20. The van der Waals surface area contributed by atoms with Crippen molar-refractivity contribution in [3.63, 3.8) is 0 Å². The minimum atomic E-state index is -0.665. The fourth-order valence-corrected chi connectivity index (χ4v) is 1.20. The van der Waals surface area contributed by atoms with Gasteiger partial charge in [-0.2, -0.15) is 5.10 Å². The fraction of sp³-hybridized carbons (Fsp3) is 0.636. The lowest BCUT2D eigenvalue weighted by molar-refractivity contribution is 0.0635. The molecule has 1 heterocycles. The Morgan fingerprint density at radius 1 is 1.50 bits per heavy atom. The van der Waals surface area contributed by atoms with E-state index in [0.29, 0.717) is 0 Å². The molecule has 1 N–H and O–H groups in total. The zero-order valence-electron chi connectivity index (χ0n) is 11.2. The first-order valence-corrected chi connectivity index (χ1v) is 5.65. The maximum absolute atomic E-state index is 11.5. The second kappa shape index (κ2) is 5.16. The summed E-state index contributed by atoms with van der Waals surface area (Å²) in [6, 6.07) is 0.0692. The van der Waals surface area contributed by atoms with Crippen LogP contribution < -0.4 is 5.32 Å². The van der Waals surface area contributed by atoms with Crippen LogP contribution in [0.15, 0.2) is 11.4 Å². The van der Waals surface area contributed by atoms with Gasteiger partial charge in [-0.25, -0.2) is 4.79 Å². The molecular formula is C11H18N4O3. The van der Waals surface area contributed by atoms with Crippen molar-refractivity contribution in [2.24, 2.45) is 5.18 Å². The van der Waals surface area contributed by atoms with E-state index in [9.17, 15) is 9.70 Å². The Labute approximate surface area is 105 Å². The Kier molecular flexibility index (Phi) is 4.05. The van der Waals surface area contributed by atoms with Crippen molar-refractivity contribution >= 4 is 17.6 Å². The Hall–Kier alpha value is -1.92. The SMILES string of the molecule is CC(C)n1cc(N=O)c(NC(=O)OC(C)(C)C)n1. The summed E-state index contributed by atoms with van der Waals surface area (Å²) in [6.45, 7) is 9.05. The minimum Gasteiger partial charge on any atom is -0.444 e. The molecule has 0 bridgehead atoms. The molecule has 7 heteroatoms. The molecule has 0 aliphatic carbocycles. The molecule has 0 unspecified atom stereocenters. The van der Waals surface area contributed by atoms with E-state index in [1.807, 2.05) is 13.8 Å². The van der Waals surface area contributed by atoms with Crippen LogP contribution in [0.5, 0.6) is 0 Å². The average Bonchev–Trinajstić information content (AvgIpc) is 2.57. The lowest BCUT2D eigenvalue weighted by Gasteiger charge is -2.19. The number of nitrogens with zero attached hydrogens (tertiary/aromatic N) is 3. The predicted octanol–water partition coefficient (Wildman–Crippen LogP) is 3.21. The maximum atomic E-state index is 11.5. The van der Waals surface area contributed by atoms with Gasteiger partial charge in [0.15, 0.2) is 11.5 Å². The van der Waals surface area contributed by atoms with E-state index in [1.54, 1.807) is 25.5 Å². The van der Waals surface area contributed by atoms with Crippen LogP contribution in [-0.4, -0.2) is 21.5 Å². The third-order valence-corrected chi connectivity index (χ3v) is 1.96. The maximum Gasteiger partial charge on any atom is 0.413 e. The number of anilines is 1. The molecule has 0 fully saturated rings. The number of hydrogen-bond acceptors (Lipinski definition) is 5. The van der Waals surface area contributed by atoms with Crippen LogP contribution in [0.4, 0.5) is 16.3 Å². The molecule has 0 saturated carbocycles. The van der Waals surface area contributed by atoms with Crippen LogP contribution >= 0.6 is 0 Å². The Bertz CT molecular complexity index is 446. The first-order valence-electron chi connectivity index (χ1n) is 5.65. The highest BCUT2D eigenvalue weighted by Crippen LogP contribution is 2.25. The van der Waals surface area contributed by atoms with Crippen molar-refractivity contribution in [3.8, 4) is 0 Å². The van der Waals surface area contributed by atoms with Gasteiger partial charge in [-0.05, 0) is 39.8 Å². The van der Waals surface area contributed by atoms with Crippen LogP contribution in [0.2, 0.25) is 0 Å². The monoisotopic (exact) mass is 254 g/mol. The molecule has 0 saturated heterocycles. The summed E-state index contributed by atoms with van der Waals surface area (Å²) in [5.74, 6) is 0.105. The Morgan fingerprint density at radius 2 is 2.11 bits per heavy atom. The number of aromatic nitrogens is 2. The molecule has 1 amide bonds. The van der Waals surface area contributed by atoms with Crippen molar-refractivity contribution in [3.05, 3.63) is 11.1 Å². The lowest BCUT2D eigenvalue weighted by atomic mass is 10.2. The molecule has 0 aliphatic rings. The van der Waals surface area contributed by atoms with Crippen LogP contribution in [0.25, 0.3) is 0 Å². The topological polar surface area (TPSA) is 85.6 Å². The molecule has 100 valence electrons. The molecule has 1 rings (SSSR count). The molecule has 18 heavy (non-hydrogen) atoms. The van der Waals surface area contributed by atoms with Gasteiger partial charge in [-0.15, -0.1) is 4.91 Å². The van der Waals surface area contributed by atoms with Gasteiger partial charge >= 0.3 is 6.09 Å². The third-order valence-electron chi connectivity index (χ3n) is 1.96. The van der Waals surface area contributed by atoms with Crippen LogP contribution in [0.1, 0.15) is 40.7 Å². The van der Waals surface area contributed by atoms with Crippen molar-refractivity contribution < 1.29 is 9.53 Å². The smallest absolute Gasteiger partial charge is 0.413 e. The highest BCUT2D eigenvalue weighted by atomic mass is 16.6. The van der Waals surface area contributed by atoms with Gasteiger partial charge in [0.25, 0.3) is 0 Å². The van der Waals surface area contributed by atoms with E-state index < -0.39 is 11.7 Å². The number of nitroso groups, excluding NO2 is 1. The molecule has 1 aromatic rings. The highest BCUT2D eigenvalue weighted by molar-refractivity contribution is 5.87. The molecule has 0 atom stereocenters. The normalized spacial score (nSPS) is 11.4. The number of rotatable bonds is 3. The number of carbonyl (C=O) groups is 1. The van der Waals surface area contributed by atoms with Crippen molar-refractivity contribution in [1.29, 1.82) is 0 Å². The molecule has 0 aromatic carbocycles. The summed E-state index contributed by atoms with van der Waals surface area (Å²) in [5.41, 5.74) is -0.533. The average molecular weight is 254 g/mol. The highest BCUT2D eigenvalue weighted by Gasteiger charge is 2.19. The largest absolute Gasteiger partial charge is 0.444 e. The summed E-state index contributed by atoms with van der Waals surface area (Å²) < 4.78 is 6.61. The molecular weight excluding hydrogens is 236 g/mol. The standard InChI is InChI=1S/C11H18N4O3/c1-7(2)15-6-8(14-17)9(13-15)12-10(16)18-11(3,4)5/h6-7H,1-5H3,(H,12,13,16). The molecule has 0 aliphatic heterocycles. The predicted molar refractivity (Wildman–Crippen MR) is 67.9 cm³/mol. The number of carbonyl (C=O) groups excluding carboxylic acids is 1. The van der Waals surface area contributed by atoms with E-state index in [2.05, 4.69) is 15.6 Å². The Balaban J connectivity index is 2.83. The lowest BCUT2D eigenvalue weighted by Crippen LogP contribution is -2.27. The number of ether oxygens (including phenoxy) is 1. The molecule has 7 nitrogen and oxygen atoms in total. The number of amides is 1. The minimum absolute atomic E-state index is 0.0692. The van der Waals surface area contributed by atoms with Gasteiger partial charge in [-0.1, -0.05) is 0 Å². The third kappa shape index (κ3) is 3.83. The molecule has 0 spiro atoms. The summed E-state index contributed by atoms with van der Waals surface area (Å²) >= 11 is 0. The summed E-state index contributed by atoms with van der Waals surface area (Å²) in [4.78, 5) is 22.2. The van der Waals surface area contributed by atoms with Crippen molar-refractivity contribution in [2.45, 2.75) is 46.3 Å². The van der Waals surface area contributed by atoms with Gasteiger partial charge in [0, 0.05) is 6.04 Å². The first kappa shape index (κ1) is 14.1. The molecule has 1 aromatic heterocycles. The van der Waals surface area contributed by atoms with Gasteiger partial charge in [-0.3, -0.25) is 10.00 Å². The van der Waals surface area contributed by atoms with Gasteiger partial charge in [0.1, 0.15) is 5.60 Å². The summed E-state index contributed by atoms with van der Waals surface area (Å²) in [6.07, 6.45) is 0.811. The number of nitrogens with one attached hydrogen (secondary N) is 1. The van der Waals surface area contributed by atoms with E-state index in [0.717, 1.165) is 0 Å². The van der Waals surface area contributed by atoms with E-state index in [4.69, 9.17) is 4.74 Å². The number of hydrogen-bond donors (Lipinski definition) is 1. The zero-order valence-corrected chi connectivity index (χ0v) is 11.2. The Morgan fingerprint density at radius 3 is 2.56 bits per heavy atom. The summed E-state index contributed by atoms with van der Waals surface area (Å²) in [7, 11) is 0. The van der Waals surface area contributed by atoms with Gasteiger partial charge in [0.2, 0.25) is 0 Å². The van der Waals surface area contributed by atoms with E-state index in [1.165, 1.54) is 6.20 Å².